The molecule has 0 saturated carbocycles. The lowest BCUT2D eigenvalue weighted by molar-refractivity contribution is -0.123. The van der Waals surface area contributed by atoms with E-state index in [2.05, 4.69) is 50.9 Å². The number of aromatic nitrogens is 3. The second kappa shape index (κ2) is 12.1. The monoisotopic (exact) mass is 562 g/mol. The fraction of sp³-hybridized carbons (Fsp3) is 0.207. The van der Waals surface area contributed by atoms with Crippen LogP contribution in [0.1, 0.15) is 36.8 Å². The van der Waals surface area contributed by atoms with Crippen LogP contribution >= 0.6 is 11.6 Å². The highest BCUT2D eigenvalue weighted by molar-refractivity contribution is 6.68. The molecular formula is C29H25ClF2N6O2. The van der Waals surface area contributed by atoms with Crippen molar-refractivity contribution in [2.45, 2.75) is 33.4 Å². The molecule has 4 rings (SSSR count). The molecule has 8 nitrogen and oxygen atoms in total. The molecule has 0 saturated heterocycles. The van der Waals surface area contributed by atoms with Gasteiger partial charge in [0.15, 0.2) is 11.6 Å². The van der Waals surface area contributed by atoms with Crippen molar-refractivity contribution >= 4 is 50.5 Å². The van der Waals surface area contributed by atoms with Gasteiger partial charge in [-0.15, -0.1) is 0 Å². The lowest BCUT2D eigenvalue weighted by Crippen LogP contribution is -2.35. The number of nitrogens with zero attached hydrogens (tertiary/aromatic N) is 3. The van der Waals surface area contributed by atoms with Gasteiger partial charge >= 0.3 is 0 Å². The molecule has 0 fully saturated rings. The highest BCUT2D eigenvalue weighted by Crippen LogP contribution is 2.28. The van der Waals surface area contributed by atoms with Crippen LogP contribution in [-0.2, 0) is 16.1 Å². The van der Waals surface area contributed by atoms with Gasteiger partial charge in [0.2, 0.25) is 0 Å². The Bertz CT molecular complexity index is 1750. The number of fused-ring (bicyclic) bond motifs is 3. The zero-order chi connectivity index (χ0) is 29.0. The summed E-state index contributed by atoms with van der Waals surface area (Å²) in [4.78, 5) is 34.4. The standard InChI is InChI=1S/C29H25ClF2N6O2/c1-16(2)38-17(3)37-25-15-35-24-9-7-18(11-20(24)27(25)38)5-4-10-34-28(39)21(13-26(30)33)29(40)36-14-19-6-8-22(31)23(32)12-19/h6-9,11-13,15-16,33H,10,14H2,1-3H3,(H,34,39)(H,36,40)/b21-13-,33-26?. The maximum atomic E-state index is 13.4. The topological polar surface area (TPSA) is 113 Å². The van der Waals surface area contributed by atoms with Gasteiger partial charge in [0, 0.05) is 23.5 Å². The Labute approximate surface area is 234 Å². The quantitative estimate of drug-likeness (QED) is 0.0998. The molecule has 2 aromatic carbocycles. The van der Waals surface area contributed by atoms with E-state index in [1.807, 2.05) is 25.1 Å². The minimum Gasteiger partial charge on any atom is -0.348 e. The minimum absolute atomic E-state index is 0.0915. The van der Waals surface area contributed by atoms with Crippen molar-refractivity contribution in [2.75, 3.05) is 6.54 Å². The van der Waals surface area contributed by atoms with Crippen LogP contribution < -0.4 is 10.6 Å². The van der Waals surface area contributed by atoms with Crippen LogP contribution in [0.15, 0.2) is 54.2 Å². The molecular weight excluding hydrogens is 538 g/mol. The molecule has 2 heterocycles. The van der Waals surface area contributed by atoms with E-state index in [-0.39, 0.29) is 24.7 Å². The summed E-state index contributed by atoms with van der Waals surface area (Å²) < 4.78 is 28.7. The lowest BCUT2D eigenvalue weighted by Gasteiger charge is -2.12. The van der Waals surface area contributed by atoms with Gasteiger partial charge in [0.05, 0.1) is 23.8 Å². The van der Waals surface area contributed by atoms with Gasteiger partial charge in [-0.05, 0) is 62.7 Å². The number of hydrogen-bond acceptors (Lipinski definition) is 5. The van der Waals surface area contributed by atoms with Crippen LogP contribution in [0.2, 0.25) is 0 Å². The van der Waals surface area contributed by atoms with Crippen LogP contribution in [0.4, 0.5) is 8.78 Å². The molecule has 3 N–H and O–H groups in total. The van der Waals surface area contributed by atoms with E-state index >= 15 is 0 Å². The number of pyridine rings is 1. The number of nitrogens with one attached hydrogen (secondary N) is 3. The number of imidazole rings is 1. The van der Waals surface area contributed by atoms with Gasteiger partial charge in [0.1, 0.15) is 22.1 Å². The van der Waals surface area contributed by atoms with Crippen molar-refractivity contribution in [3.8, 4) is 11.8 Å². The third-order valence-corrected chi connectivity index (χ3v) is 6.08. The van der Waals surface area contributed by atoms with Gasteiger partial charge < -0.3 is 15.2 Å². The summed E-state index contributed by atoms with van der Waals surface area (Å²) in [5, 5.41) is 12.8. The van der Waals surface area contributed by atoms with Crippen molar-refractivity contribution in [3.05, 3.63) is 82.8 Å². The number of aryl methyl sites for hydroxylation is 1. The fourth-order valence-corrected chi connectivity index (χ4v) is 4.37. The summed E-state index contributed by atoms with van der Waals surface area (Å²) in [6, 6.07) is 8.98. The molecule has 0 aliphatic rings. The Hall–Kier alpha value is -4.62. The largest absolute Gasteiger partial charge is 0.348 e. The summed E-state index contributed by atoms with van der Waals surface area (Å²) in [6.45, 7) is 5.87. The Balaban J connectivity index is 1.47. The van der Waals surface area contributed by atoms with E-state index in [0.29, 0.717) is 5.56 Å². The maximum absolute atomic E-state index is 13.4. The first-order valence-electron chi connectivity index (χ1n) is 12.3. The molecule has 0 aliphatic carbocycles. The smallest absolute Gasteiger partial charge is 0.257 e. The van der Waals surface area contributed by atoms with Crippen LogP contribution in [0.25, 0.3) is 21.9 Å². The summed E-state index contributed by atoms with van der Waals surface area (Å²) in [5.74, 6) is 3.02. The highest BCUT2D eigenvalue weighted by Gasteiger charge is 2.19. The Morgan fingerprint density at radius 2 is 1.85 bits per heavy atom. The average molecular weight is 563 g/mol. The first-order valence-corrected chi connectivity index (χ1v) is 12.6. The number of rotatable bonds is 7. The van der Waals surface area contributed by atoms with Crippen LogP contribution in [0.3, 0.4) is 0 Å². The molecule has 40 heavy (non-hydrogen) atoms. The number of allylic oxidation sites excluding steroid dienone is 1. The predicted octanol–water partition coefficient (Wildman–Crippen LogP) is 4.68. The molecule has 0 radical (unpaired) electrons. The number of hydrogen-bond donors (Lipinski definition) is 3. The third kappa shape index (κ3) is 6.33. The summed E-state index contributed by atoms with van der Waals surface area (Å²) in [7, 11) is 0. The molecule has 2 amide bonds. The minimum atomic E-state index is -1.06. The first-order chi connectivity index (χ1) is 19.0. The van der Waals surface area contributed by atoms with E-state index in [1.54, 1.807) is 6.20 Å². The zero-order valence-electron chi connectivity index (χ0n) is 21.9. The van der Waals surface area contributed by atoms with E-state index in [4.69, 9.17) is 17.0 Å². The molecule has 2 aromatic heterocycles. The zero-order valence-corrected chi connectivity index (χ0v) is 22.7. The number of carbonyl (C=O) groups is 2. The number of halogens is 3. The second-order valence-corrected chi connectivity index (χ2v) is 9.58. The fourth-order valence-electron chi connectivity index (χ4n) is 4.26. The van der Waals surface area contributed by atoms with Crippen LogP contribution in [0.5, 0.6) is 0 Å². The molecule has 0 atom stereocenters. The second-order valence-electron chi connectivity index (χ2n) is 9.17. The molecule has 204 valence electrons. The number of amides is 2. The summed E-state index contributed by atoms with van der Waals surface area (Å²) in [6.07, 6.45) is 2.65. The summed E-state index contributed by atoms with van der Waals surface area (Å²) in [5.41, 5.74) is 3.13. The van der Waals surface area contributed by atoms with Crippen molar-refractivity contribution in [2.24, 2.45) is 0 Å². The molecule has 0 spiro atoms. The van der Waals surface area contributed by atoms with Crippen molar-refractivity contribution < 1.29 is 18.4 Å². The van der Waals surface area contributed by atoms with Crippen molar-refractivity contribution in [1.29, 1.82) is 5.41 Å². The van der Waals surface area contributed by atoms with Gasteiger partial charge in [-0.2, -0.15) is 0 Å². The Kier molecular flexibility index (Phi) is 8.55. The molecule has 4 aromatic rings. The van der Waals surface area contributed by atoms with Crippen LogP contribution in [0, 0.1) is 35.8 Å². The van der Waals surface area contributed by atoms with Crippen LogP contribution in [-0.4, -0.2) is 38.1 Å². The predicted molar refractivity (Wildman–Crippen MR) is 150 cm³/mol. The van der Waals surface area contributed by atoms with Crippen molar-refractivity contribution in [3.63, 3.8) is 0 Å². The van der Waals surface area contributed by atoms with Gasteiger partial charge in [0.25, 0.3) is 11.8 Å². The van der Waals surface area contributed by atoms with Crippen molar-refractivity contribution in [1.82, 2.24) is 25.2 Å². The number of carbonyl (C=O) groups excluding carboxylic acids is 2. The van der Waals surface area contributed by atoms with E-state index in [0.717, 1.165) is 46.0 Å². The van der Waals surface area contributed by atoms with E-state index in [1.165, 1.54) is 6.07 Å². The van der Waals surface area contributed by atoms with Gasteiger partial charge in [-0.1, -0.05) is 29.5 Å². The normalized spacial score (nSPS) is 11.4. The SMILES string of the molecule is Cc1nc2cnc3ccc(C#CCNC(=O)/C(=C/C(=N)Cl)C(=O)NCc4ccc(F)c(F)c4)cc3c2n1C(C)C. The third-order valence-electron chi connectivity index (χ3n) is 5.98. The lowest BCUT2D eigenvalue weighted by atomic mass is 10.1. The highest BCUT2D eigenvalue weighted by atomic mass is 35.5. The summed E-state index contributed by atoms with van der Waals surface area (Å²) >= 11 is 5.60. The molecule has 0 bridgehead atoms. The molecule has 0 aliphatic heterocycles. The number of benzene rings is 2. The molecule has 11 heteroatoms. The molecule has 0 unspecified atom stereocenters. The maximum Gasteiger partial charge on any atom is 0.257 e. The van der Waals surface area contributed by atoms with Gasteiger partial charge in [-0.25, -0.2) is 13.8 Å². The average Bonchev–Trinajstić information content (AvgIpc) is 3.26. The Morgan fingerprint density at radius 1 is 1.10 bits per heavy atom. The first kappa shape index (κ1) is 28.4. The Morgan fingerprint density at radius 3 is 2.55 bits per heavy atom. The van der Waals surface area contributed by atoms with E-state index < -0.39 is 34.2 Å². The van der Waals surface area contributed by atoms with E-state index in [9.17, 15) is 18.4 Å². The van der Waals surface area contributed by atoms with Gasteiger partial charge in [-0.3, -0.25) is 20.0 Å².